The molecule has 2 aromatic heterocycles. The van der Waals surface area contributed by atoms with Gasteiger partial charge in [-0.05, 0) is 0 Å². The van der Waals surface area contributed by atoms with E-state index in [1.54, 1.807) is 0 Å². The normalized spacial score (nSPS) is 14.5. The number of H-pyrrole nitrogens is 2. The summed E-state index contributed by atoms with van der Waals surface area (Å²) in [6.45, 7) is -0.763. The summed E-state index contributed by atoms with van der Waals surface area (Å²) in [6, 6.07) is -4.94. The SMILES string of the molecule is NC(Cc1cnc[nH]1)C(=O)NC(CO)C(=O)NC(Cc1cnc[nH]1)C(=O)NC(CS)C(=O)O. The second kappa shape index (κ2) is 12.6. The number of hydrogen-bond donors (Lipinski definition) is 9. The maximum absolute atomic E-state index is 12.7. The first-order chi connectivity index (χ1) is 15.7. The van der Waals surface area contributed by atoms with Gasteiger partial charge in [0.05, 0.1) is 25.3 Å². The summed E-state index contributed by atoms with van der Waals surface area (Å²) in [5, 5.41) is 25.8. The summed E-state index contributed by atoms with van der Waals surface area (Å²) in [5.41, 5.74) is 6.93. The Balaban J connectivity index is 2.05. The third kappa shape index (κ3) is 7.89. The summed E-state index contributed by atoms with van der Waals surface area (Å²) in [5.74, 6) is -3.82. The van der Waals surface area contributed by atoms with E-state index < -0.39 is 54.5 Å². The third-order valence-corrected chi connectivity index (χ3v) is 4.92. The zero-order chi connectivity index (χ0) is 24.4. The van der Waals surface area contributed by atoms with Crippen molar-refractivity contribution in [1.29, 1.82) is 0 Å². The molecule has 0 fully saturated rings. The first-order valence-electron chi connectivity index (χ1n) is 9.80. The molecule has 2 rings (SSSR count). The number of rotatable bonds is 13. The van der Waals surface area contributed by atoms with Gasteiger partial charge in [-0.25, -0.2) is 14.8 Å². The Morgan fingerprint density at radius 2 is 1.42 bits per heavy atom. The van der Waals surface area contributed by atoms with Crippen LogP contribution in [0.25, 0.3) is 0 Å². The first kappa shape index (κ1) is 25.8. The van der Waals surface area contributed by atoms with E-state index in [0.29, 0.717) is 11.4 Å². The van der Waals surface area contributed by atoms with Gasteiger partial charge in [0.15, 0.2) is 0 Å². The van der Waals surface area contributed by atoms with Crippen LogP contribution in [-0.2, 0) is 32.0 Å². The van der Waals surface area contributed by atoms with E-state index in [9.17, 15) is 24.3 Å². The number of nitrogens with two attached hydrogens (primary N) is 1. The van der Waals surface area contributed by atoms with Crippen LogP contribution in [0.3, 0.4) is 0 Å². The number of imidazole rings is 2. The lowest BCUT2D eigenvalue weighted by Gasteiger charge is -2.24. The molecule has 0 aliphatic rings. The van der Waals surface area contributed by atoms with Crippen molar-refractivity contribution in [2.45, 2.75) is 37.0 Å². The van der Waals surface area contributed by atoms with Crippen molar-refractivity contribution in [2.24, 2.45) is 5.73 Å². The molecule has 3 amide bonds. The van der Waals surface area contributed by atoms with Crippen molar-refractivity contribution in [3.05, 3.63) is 36.4 Å². The van der Waals surface area contributed by atoms with Crippen molar-refractivity contribution in [3.8, 4) is 0 Å². The number of amides is 3. The summed E-state index contributed by atoms with van der Waals surface area (Å²) in [6.07, 6.45) is 5.80. The zero-order valence-corrected chi connectivity index (χ0v) is 18.3. The molecule has 2 heterocycles. The fourth-order valence-electron chi connectivity index (χ4n) is 2.75. The van der Waals surface area contributed by atoms with Gasteiger partial charge < -0.3 is 41.9 Å². The van der Waals surface area contributed by atoms with Crippen molar-refractivity contribution in [3.63, 3.8) is 0 Å². The Morgan fingerprint density at radius 3 is 1.91 bits per heavy atom. The van der Waals surface area contributed by atoms with E-state index in [1.165, 1.54) is 25.0 Å². The monoisotopic (exact) mass is 482 g/mol. The van der Waals surface area contributed by atoms with Gasteiger partial charge >= 0.3 is 5.97 Å². The number of thiol groups is 1. The van der Waals surface area contributed by atoms with Crippen LogP contribution in [0.1, 0.15) is 11.4 Å². The van der Waals surface area contributed by atoms with Gasteiger partial charge in [-0.1, -0.05) is 0 Å². The quantitative estimate of drug-likeness (QED) is 0.130. The maximum atomic E-state index is 12.7. The Labute approximate surface area is 193 Å². The van der Waals surface area contributed by atoms with Gasteiger partial charge in [-0.15, -0.1) is 0 Å². The lowest BCUT2D eigenvalue weighted by Crippen LogP contribution is -2.58. The van der Waals surface area contributed by atoms with Crippen LogP contribution in [-0.4, -0.2) is 90.4 Å². The standard InChI is InChI=1S/C18H26N8O6S/c19-11(1-9-3-20-7-22-9)15(28)25-13(5-27)17(30)24-12(2-10-4-21-8-23-10)16(29)26-14(6-33)18(31)32/h3-4,7-8,11-14,27,33H,1-2,5-6,19H2,(H,20,22)(H,21,23)(H,24,30)(H,25,28)(H,26,29)(H,31,32). The lowest BCUT2D eigenvalue weighted by atomic mass is 10.1. The highest BCUT2D eigenvalue weighted by molar-refractivity contribution is 7.80. The van der Waals surface area contributed by atoms with Crippen LogP contribution >= 0.6 is 12.6 Å². The van der Waals surface area contributed by atoms with Crippen LogP contribution < -0.4 is 21.7 Å². The number of carbonyl (C=O) groups is 4. The van der Waals surface area contributed by atoms with Crippen LogP contribution in [0.5, 0.6) is 0 Å². The predicted molar refractivity (Wildman–Crippen MR) is 117 cm³/mol. The van der Waals surface area contributed by atoms with Gasteiger partial charge in [0.2, 0.25) is 17.7 Å². The molecule has 0 spiro atoms. The molecule has 0 aliphatic carbocycles. The van der Waals surface area contributed by atoms with E-state index >= 15 is 0 Å². The number of hydrogen-bond acceptors (Lipinski definition) is 9. The molecule has 33 heavy (non-hydrogen) atoms. The number of carboxylic acid groups (broad SMARTS) is 1. The van der Waals surface area contributed by atoms with E-state index in [1.807, 2.05) is 0 Å². The first-order valence-corrected chi connectivity index (χ1v) is 10.4. The highest BCUT2D eigenvalue weighted by Crippen LogP contribution is 2.02. The van der Waals surface area contributed by atoms with Gasteiger partial charge in [0.25, 0.3) is 0 Å². The molecule has 0 saturated carbocycles. The van der Waals surface area contributed by atoms with Gasteiger partial charge in [0.1, 0.15) is 18.1 Å². The molecule has 2 aromatic rings. The molecule has 9 N–H and O–H groups in total. The smallest absolute Gasteiger partial charge is 0.327 e. The summed E-state index contributed by atoms with van der Waals surface area (Å²) in [7, 11) is 0. The molecule has 0 aliphatic heterocycles. The van der Waals surface area contributed by atoms with Gasteiger partial charge in [0, 0.05) is 42.4 Å². The number of carboxylic acids is 1. The number of carbonyl (C=O) groups excluding carboxylic acids is 3. The molecular weight excluding hydrogens is 456 g/mol. The third-order valence-electron chi connectivity index (χ3n) is 4.56. The number of aliphatic hydroxyl groups is 1. The molecule has 0 bridgehead atoms. The van der Waals surface area contributed by atoms with Gasteiger partial charge in [-0.3, -0.25) is 14.4 Å². The number of nitrogens with one attached hydrogen (secondary N) is 5. The largest absolute Gasteiger partial charge is 0.480 e. The van der Waals surface area contributed by atoms with Crippen molar-refractivity contribution in [2.75, 3.05) is 12.4 Å². The second-order valence-electron chi connectivity index (χ2n) is 7.06. The summed E-state index contributed by atoms with van der Waals surface area (Å²) >= 11 is 3.90. The van der Waals surface area contributed by atoms with Crippen molar-refractivity contribution in [1.82, 2.24) is 35.9 Å². The van der Waals surface area contributed by atoms with Crippen LogP contribution in [0.2, 0.25) is 0 Å². The molecule has 180 valence electrons. The topological polar surface area (TPSA) is 228 Å². The number of aromatic nitrogens is 4. The molecule has 4 unspecified atom stereocenters. The number of nitrogens with zero attached hydrogens (tertiary/aromatic N) is 2. The highest BCUT2D eigenvalue weighted by atomic mass is 32.1. The van der Waals surface area contributed by atoms with Crippen molar-refractivity contribution < 1.29 is 29.4 Å². The Kier molecular flexibility index (Phi) is 9.84. The molecule has 4 atom stereocenters. The zero-order valence-electron chi connectivity index (χ0n) is 17.4. The second-order valence-corrected chi connectivity index (χ2v) is 7.42. The highest BCUT2D eigenvalue weighted by Gasteiger charge is 2.30. The summed E-state index contributed by atoms with van der Waals surface area (Å²) in [4.78, 5) is 62.2. The number of aliphatic carboxylic acids is 1. The minimum atomic E-state index is -1.40. The van der Waals surface area contributed by atoms with Crippen LogP contribution in [0.15, 0.2) is 25.0 Å². The van der Waals surface area contributed by atoms with E-state index in [4.69, 9.17) is 10.8 Å². The average Bonchev–Trinajstić information content (AvgIpc) is 3.48. The number of aromatic amines is 2. The van der Waals surface area contributed by atoms with Crippen LogP contribution in [0, 0.1) is 0 Å². The molecule has 15 heteroatoms. The maximum Gasteiger partial charge on any atom is 0.327 e. The number of aliphatic hydroxyl groups excluding tert-OH is 1. The summed E-state index contributed by atoms with van der Waals surface area (Å²) < 4.78 is 0. The molecule has 0 radical (unpaired) electrons. The minimum Gasteiger partial charge on any atom is -0.480 e. The fraction of sp³-hybridized carbons (Fsp3) is 0.444. The minimum absolute atomic E-state index is 0.0537. The predicted octanol–water partition coefficient (Wildman–Crippen LogP) is -3.29. The Morgan fingerprint density at radius 1 is 0.909 bits per heavy atom. The van der Waals surface area contributed by atoms with E-state index in [2.05, 4.69) is 48.5 Å². The Bertz CT molecular complexity index is 923. The molecular formula is C18H26N8O6S. The van der Waals surface area contributed by atoms with E-state index in [-0.39, 0.29) is 18.6 Å². The van der Waals surface area contributed by atoms with Crippen LogP contribution in [0.4, 0.5) is 0 Å². The van der Waals surface area contributed by atoms with Gasteiger partial charge in [-0.2, -0.15) is 12.6 Å². The van der Waals surface area contributed by atoms with E-state index in [0.717, 1.165) is 0 Å². The molecule has 0 saturated heterocycles. The molecule has 14 nitrogen and oxygen atoms in total. The molecule has 0 aromatic carbocycles. The lowest BCUT2D eigenvalue weighted by molar-refractivity contribution is -0.141. The Hall–Kier alpha value is -3.43. The van der Waals surface area contributed by atoms with Crippen molar-refractivity contribution >= 4 is 36.3 Å². The average molecular weight is 483 g/mol. The fourth-order valence-corrected chi connectivity index (χ4v) is 3.00.